The minimum absolute atomic E-state index is 0.268. The molecule has 1 N–H and O–H groups in total. The molecule has 5 rings (SSSR count). The second-order valence-corrected chi connectivity index (χ2v) is 7.26. The number of rotatable bonds is 6. The van der Waals surface area contributed by atoms with Crippen LogP contribution in [0, 0.1) is 0 Å². The van der Waals surface area contributed by atoms with E-state index in [2.05, 4.69) is 15.4 Å². The van der Waals surface area contributed by atoms with E-state index in [4.69, 9.17) is 4.74 Å². The minimum atomic E-state index is -0.268. The summed E-state index contributed by atoms with van der Waals surface area (Å²) < 4.78 is 7.53. The Balaban J connectivity index is 1.36. The molecule has 0 aliphatic heterocycles. The normalized spacial score (nSPS) is 10.8. The van der Waals surface area contributed by atoms with Crippen LogP contribution in [0.3, 0.4) is 0 Å². The highest BCUT2D eigenvalue weighted by atomic mass is 16.5. The molecule has 0 spiro atoms. The summed E-state index contributed by atoms with van der Waals surface area (Å²) >= 11 is 0. The van der Waals surface area contributed by atoms with Crippen molar-refractivity contribution < 1.29 is 9.53 Å². The number of hydrogen-bond acceptors (Lipinski definition) is 4. The van der Waals surface area contributed by atoms with E-state index in [1.54, 1.807) is 23.0 Å². The Hall–Kier alpha value is -4.45. The van der Waals surface area contributed by atoms with Crippen LogP contribution >= 0.6 is 0 Å². The molecule has 156 valence electrons. The predicted octanol–water partition coefficient (Wildman–Crippen LogP) is 5.23. The van der Waals surface area contributed by atoms with Crippen LogP contribution in [0.15, 0.2) is 103 Å². The Morgan fingerprint density at radius 2 is 1.59 bits per heavy atom. The second-order valence-electron chi connectivity index (χ2n) is 7.26. The molecule has 5 aromatic rings. The van der Waals surface area contributed by atoms with E-state index in [1.807, 2.05) is 84.9 Å². The molecule has 0 unspecified atom stereocenters. The van der Waals surface area contributed by atoms with Gasteiger partial charge in [0, 0.05) is 17.4 Å². The van der Waals surface area contributed by atoms with Crippen LogP contribution in [-0.2, 0) is 6.61 Å². The topological polar surface area (TPSA) is 68.5 Å². The van der Waals surface area contributed by atoms with E-state index in [0.29, 0.717) is 17.9 Å². The number of carbonyl (C=O) groups excluding carboxylic acids is 1. The first-order valence-corrected chi connectivity index (χ1v) is 10.2. The van der Waals surface area contributed by atoms with Crippen molar-refractivity contribution in [2.24, 2.45) is 0 Å². The lowest BCUT2D eigenvalue weighted by molar-refractivity contribution is 0.102. The predicted molar refractivity (Wildman–Crippen MR) is 124 cm³/mol. The summed E-state index contributed by atoms with van der Waals surface area (Å²) in [6.07, 6.45) is 3.49. The Morgan fingerprint density at radius 1 is 0.875 bits per heavy atom. The van der Waals surface area contributed by atoms with Crippen LogP contribution in [-0.4, -0.2) is 20.5 Å². The summed E-state index contributed by atoms with van der Waals surface area (Å²) in [7, 11) is 0. The number of hydrogen-bond donors (Lipinski definition) is 1. The number of nitrogens with one attached hydrogen (secondary N) is 1. The average molecular weight is 420 g/mol. The number of aromatic nitrogens is 3. The van der Waals surface area contributed by atoms with Crippen LogP contribution in [0.1, 0.15) is 16.1 Å². The van der Waals surface area contributed by atoms with E-state index in [9.17, 15) is 4.79 Å². The molecule has 6 nitrogen and oxygen atoms in total. The first-order valence-electron chi connectivity index (χ1n) is 10.2. The van der Waals surface area contributed by atoms with E-state index in [0.717, 1.165) is 28.1 Å². The summed E-state index contributed by atoms with van der Waals surface area (Å²) in [5.41, 5.74) is 4.56. The third kappa shape index (κ3) is 4.20. The summed E-state index contributed by atoms with van der Waals surface area (Å²) in [5, 5.41) is 7.23. The molecule has 0 aliphatic carbocycles. The van der Waals surface area contributed by atoms with Gasteiger partial charge in [-0.3, -0.25) is 4.79 Å². The molecule has 0 bridgehead atoms. The molecule has 6 heteroatoms. The first-order chi connectivity index (χ1) is 15.8. The van der Waals surface area contributed by atoms with Crippen molar-refractivity contribution in [2.45, 2.75) is 6.61 Å². The average Bonchev–Trinajstić information content (AvgIpc) is 3.28. The molecule has 2 aromatic heterocycles. The van der Waals surface area contributed by atoms with Crippen molar-refractivity contribution >= 4 is 17.2 Å². The van der Waals surface area contributed by atoms with Crippen LogP contribution in [0.5, 0.6) is 5.75 Å². The lowest BCUT2D eigenvalue weighted by Gasteiger charge is -2.07. The third-order valence-electron chi connectivity index (χ3n) is 5.05. The zero-order valence-electron chi connectivity index (χ0n) is 17.2. The van der Waals surface area contributed by atoms with Gasteiger partial charge in [0.25, 0.3) is 5.91 Å². The largest absolute Gasteiger partial charge is 0.489 e. The number of nitrogens with zero attached hydrogens (tertiary/aromatic N) is 3. The van der Waals surface area contributed by atoms with Gasteiger partial charge in [-0.05, 0) is 41.5 Å². The number of fused-ring (bicyclic) bond motifs is 1. The van der Waals surface area contributed by atoms with Crippen LogP contribution in [0.25, 0.3) is 16.8 Å². The third-order valence-corrected chi connectivity index (χ3v) is 5.05. The van der Waals surface area contributed by atoms with Gasteiger partial charge < -0.3 is 10.1 Å². The molecule has 0 saturated heterocycles. The van der Waals surface area contributed by atoms with Gasteiger partial charge in [-0.2, -0.15) is 5.10 Å². The molecule has 32 heavy (non-hydrogen) atoms. The van der Waals surface area contributed by atoms with Crippen LogP contribution in [0.2, 0.25) is 0 Å². The van der Waals surface area contributed by atoms with Crippen molar-refractivity contribution in [1.82, 2.24) is 14.6 Å². The Kier molecular flexibility index (Phi) is 5.32. The summed E-state index contributed by atoms with van der Waals surface area (Å²) in [4.78, 5) is 17.2. The first kappa shape index (κ1) is 19.5. The zero-order valence-corrected chi connectivity index (χ0v) is 17.2. The molecule has 1 amide bonds. The van der Waals surface area contributed by atoms with Gasteiger partial charge in [-0.25, -0.2) is 9.50 Å². The molecule has 0 fully saturated rings. The molecule has 0 radical (unpaired) electrons. The van der Waals surface area contributed by atoms with Crippen LogP contribution in [0.4, 0.5) is 5.69 Å². The lowest BCUT2D eigenvalue weighted by Crippen LogP contribution is -2.14. The van der Waals surface area contributed by atoms with Gasteiger partial charge in [0.2, 0.25) is 0 Å². The molecule has 0 saturated carbocycles. The molecule has 3 aromatic carbocycles. The van der Waals surface area contributed by atoms with Gasteiger partial charge >= 0.3 is 0 Å². The summed E-state index contributed by atoms with van der Waals surface area (Å²) in [6, 6.07) is 28.8. The quantitative estimate of drug-likeness (QED) is 0.409. The molecule has 0 aliphatic rings. The highest BCUT2D eigenvalue weighted by molar-refractivity contribution is 6.03. The number of benzene rings is 3. The Morgan fingerprint density at radius 3 is 2.34 bits per heavy atom. The van der Waals surface area contributed by atoms with Crippen molar-refractivity contribution in [1.29, 1.82) is 0 Å². The second kappa shape index (κ2) is 8.73. The molecule has 0 atom stereocenters. The van der Waals surface area contributed by atoms with Crippen molar-refractivity contribution in [2.75, 3.05) is 5.32 Å². The van der Waals surface area contributed by atoms with E-state index in [1.165, 1.54) is 0 Å². The van der Waals surface area contributed by atoms with Crippen molar-refractivity contribution in [3.63, 3.8) is 0 Å². The fraction of sp³-hybridized carbons (Fsp3) is 0.0385. The van der Waals surface area contributed by atoms with Crippen molar-refractivity contribution in [3.8, 4) is 16.9 Å². The van der Waals surface area contributed by atoms with Gasteiger partial charge in [0.15, 0.2) is 5.65 Å². The monoisotopic (exact) mass is 420 g/mol. The van der Waals surface area contributed by atoms with Crippen LogP contribution < -0.4 is 10.1 Å². The molecule has 2 heterocycles. The number of carbonyl (C=O) groups is 1. The SMILES string of the molecule is O=C(Nc1ccccc1)c1ccn2ncc(-c3ccc(OCc4ccccc4)cc3)c2n1. The Bertz CT molecular complexity index is 1350. The maximum atomic E-state index is 12.6. The minimum Gasteiger partial charge on any atom is -0.489 e. The smallest absolute Gasteiger partial charge is 0.274 e. The number of amides is 1. The van der Waals surface area contributed by atoms with E-state index in [-0.39, 0.29) is 5.91 Å². The number of ether oxygens (including phenoxy) is 1. The standard InChI is InChI=1S/C26H20N4O2/c31-26(28-21-9-5-2-6-10-21)24-15-16-30-25(29-24)23(17-27-30)20-11-13-22(14-12-20)32-18-19-7-3-1-4-8-19/h1-17H,18H2,(H,28,31). The number of para-hydroxylation sites is 1. The highest BCUT2D eigenvalue weighted by Gasteiger charge is 2.13. The molecular formula is C26H20N4O2. The fourth-order valence-electron chi connectivity index (χ4n) is 3.39. The summed E-state index contributed by atoms with van der Waals surface area (Å²) in [5.74, 6) is 0.514. The van der Waals surface area contributed by atoms with Gasteiger partial charge in [-0.1, -0.05) is 60.7 Å². The van der Waals surface area contributed by atoms with Gasteiger partial charge in [0.05, 0.1) is 6.20 Å². The van der Waals surface area contributed by atoms with Gasteiger partial charge in [0.1, 0.15) is 18.1 Å². The summed E-state index contributed by atoms with van der Waals surface area (Å²) in [6.45, 7) is 0.512. The highest BCUT2D eigenvalue weighted by Crippen LogP contribution is 2.26. The zero-order chi connectivity index (χ0) is 21.8. The molecular weight excluding hydrogens is 400 g/mol. The van der Waals surface area contributed by atoms with E-state index < -0.39 is 0 Å². The number of anilines is 1. The maximum Gasteiger partial charge on any atom is 0.274 e. The van der Waals surface area contributed by atoms with E-state index >= 15 is 0 Å². The Labute approximate surface area is 185 Å². The van der Waals surface area contributed by atoms with Crippen molar-refractivity contribution in [3.05, 3.63) is 115 Å². The fourth-order valence-corrected chi connectivity index (χ4v) is 3.39. The maximum absolute atomic E-state index is 12.6. The lowest BCUT2D eigenvalue weighted by atomic mass is 10.1. The van der Waals surface area contributed by atoms with Gasteiger partial charge in [-0.15, -0.1) is 0 Å².